The summed E-state index contributed by atoms with van der Waals surface area (Å²) in [5.74, 6) is 2.04. The zero-order valence-corrected chi connectivity index (χ0v) is 15.5. The van der Waals surface area contributed by atoms with Gasteiger partial charge in [-0.25, -0.2) is 4.98 Å². The predicted molar refractivity (Wildman–Crippen MR) is 104 cm³/mol. The minimum absolute atomic E-state index is 0.0487. The lowest BCUT2D eigenvalue weighted by molar-refractivity contribution is -0.120. The van der Waals surface area contributed by atoms with Crippen molar-refractivity contribution in [2.75, 3.05) is 19.8 Å². The Kier molecular flexibility index (Phi) is 5.16. The van der Waals surface area contributed by atoms with Crippen LogP contribution < -0.4 is 14.8 Å². The second-order valence-corrected chi connectivity index (χ2v) is 6.84. The Morgan fingerprint density at radius 2 is 2.07 bits per heavy atom. The highest BCUT2D eigenvalue weighted by molar-refractivity contribution is 6.32. The van der Waals surface area contributed by atoms with Crippen molar-refractivity contribution in [1.29, 1.82) is 0 Å². The van der Waals surface area contributed by atoms with Crippen molar-refractivity contribution >= 4 is 28.5 Å². The van der Waals surface area contributed by atoms with E-state index in [-0.39, 0.29) is 12.3 Å². The molecule has 0 unspecified atom stereocenters. The number of aromatic nitrogens is 2. The number of imidazole rings is 1. The van der Waals surface area contributed by atoms with E-state index in [4.69, 9.17) is 21.1 Å². The monoisotopic (exact) mass is 385 g/mol. The molecule has 1 aliphatic rings. The predicted octanol–water partition coefficient (Wildman–Crippen LogP) is 3.28. The minimum Gasteiger partial charge on any atom is -0.486 e. The Morgan fingerprint density at radius 1 is 1.22 bits per heavy atom. The first-order chi connectivity index (χ1) is 13.2. The average molecular weight is 386 g/mol. The first kappa shape index (κ1) is 17.7. The quantitative estimate of drug-likeness (QED) is 0.638. The number of H-pyrrole nitrogens is 1. The Morgan fingerprint density at radius 3 is 2.96 bits per heavy atom. The summed E-state index contributed by atoms with van der Waals surface area (Å²) in [6.45, 7) is 1.56. The summed E-state index contributed by atoms with van der Waals surface area (Å²) in [6.07, 6.45) is 1.85. The van der Waals surface area contributed by atoms with E-state index in [1.54, 1.807) is 6.07 Å². The molecule has 1 amide bonds. The molecule has 0 fully saturated rings. The van der Waals surface area contributed by atoms with Crippen molar-refractivity contribution in [2.24, 2.45) is 0 Å². The topological polar surface area (TPSA) is 76.2 Å². The van der Waals surface area contributed by atoms with Gasteiger partial charge < -0.3 is 19.8 Å². The fourth-order valence-electron chi connectivity index (χ4n) is 3.12. The first-order valence-electron chi connectivity index (χ1n) is 8.97. The second-order valence-electron chi connectivity index (χ2n) is 6.43. The summed E-state index contributed by atoms with van der Waals surface area (Å²) in [4.78, 5) is 20.0. The number of fused-ring (bicyclic) bond motifs is 2. The Labute approximate surface area is 161 Å². The number of nitrogens with zero attached hydrogens (tertiary/aromatic N) is 1. The summed E-state index contributed by atoms with van der Waals surface area (Å²) in [6, 6.07) is 11.5. The number of aryl methyl sites for hydroxylation is 1. The van der Waals surface area contributed by atoms with Crippen molar-refractivity contribution in [3.05, 3.63) is 52.8 Å². The van der Waals surface area contributed by atoms with Gasteiger partial charge in [0.05, 0.1) is 22.5 Å². The van der Waals surface area contributed by atoms with Crippen LogP contribution in [0, 0.1) is 0 Å². The lowest BCUT2D eigenvalue weighted by Gasteiger charge is -2.20. The Hall–Kier alpha value is -2.73. The lowest BCUT2D eigenvalue weighted by atomic mass is 10.1. The van der Waals surface area contributed by atoms with Crippen molar-refractivity contribution in [2.45, 2.75) is 19.3 Å². The van der Waals surface area contributed by atoms with Gasteiger partial charge in [-0.2, -0.15) is 0 Å². The fourth-order valence-corrected chi connectivity index (χ4v) is 3.41. The van der Waals surface area contributed by atoms with Crippen LogP contribution in [0.5, 0.6) is 11.5 Å². The van der Waals surface area contributed by atoms with Crippen molar-refractivity contribution in [1.82, 2.24) is 15.3 Å². The number of amides is 1. The molecule has 6 nitrogen and oxygen atoms in total. The van der Waals surface area contributed by atoms with Gasteiger partial charge >= 0.3 is 0 Å². The first-order valence-corrected chi connectivity index (χ1v) is 9.35. The van der Waals surface area contributed by atoms with Gasteiger partial charge in [-0.1, -0.05) is 23.7 Å². The van der Waals surface area contributed by atoms with E-state index in [1.165, 1.54) is 0 Å². The summed E-state index contributed by atoms with van der Waals surface area (Å²) in [7, 11) is 0. The fraction of sp³-hybridized carbons (Fsp3) is 0.300. The molecule has 0 saturated carbocycles. The maximum Gasteiger partial charge on any atom is 0.224 e. The van der Waals surface area contributed by atoms with E-state index >= 15 is 0 Å². The molecule has 0 saturated heterocycles. The van der Waals surface area contributed by atoms with Crippen molar-refractivity contribution in [3.63, 3.8) is 0 Å². The van der Waals surface area contributed by atoms with Crippen LogP contribution in [0.4, 0.5) is 0 Å². The van der Waals surface area contributed by atoms with Gasteiger partial charge in [0, 0.05) is 13.0 Å². The van der Waals surface area contributed by atoms with E-state index in [2.05, 4.69) is 15.3 Å². The number of hydrogen-bond acceptors (Lipinski definition) is 4. The van der Waals surface area contributed by atoms with Gasteiger partial charge in [-0.05, 0) is 36.2 Å². The number of halogens is 1. The van der Waals surface area contributed by atoms with Crippen LogP contribution in [0.2, 0.25) is 5.02 Å². The van der Waals surface area contributed by atoms with E-state index in [0.717, 1.165) is 35.3 Å². The number of carbonyl (C=O) groups excluding carboxylic acids is 1. The number of nitrogens with one attached hydrogen (secondary N) is 2. The molecule has 0 aliphatic carbocycles. The highest BCUT2D eigenvalue weighted by Gasteiger charge is 2.17. The normalized spacial score (nSPS) is 12.9. The molecule has 2 N–H and O–H groups in total. The van der Waals surface area contributed by atoms with Crippen LogP contribution in [0.25, 0.3) is 11.0 Å². The van der Waals surface area contributed by atoms with Crippen molar-refractivity contribution < 1.29 is 14.3 Å². The molecule has 1 aliphatic heterocycles. The summed E-state index contributed by atoms with van der Waals surface area (Å²) < 4.78 is 11.0. The molecule has 2 heterocycles. The van der Waals surface area contributed by atoms with Gasteiger partial charge in [0.25, 0.3) is 0 Å². The van der Waals surface area contributed by atoms with Crippen LogP contribution in [0.3, 0.4) is 0 Å². The number of benzene rings is 2. The molecule has 3 aromatic rings. The van der Waals surface area contributed by atoms with E-state index < -0.39 is 0 Å². The standard InChI is InChI=1S/C20H20ClN3O3/c21-14-10-13(11-17-20(14)27-9-8-26-17)12-19(25)22-7-3-6-18-23-15-4-1-2-5-16(15)24-18/h1-2,4-5,10-11H,3,6-9,12H2,(H,22,25)(H,23,24). The van der Waals surface area contributed by atoms with E-state index in [1.807, 2.05) is 30.3 Å². The third kappa shape index (κ3) is 4.17. The molecule has 0 atom stereocenters. The summed E-state index contributed by atoms with van der Waals surface area (Å²) in [5.41, 5.74) is 2.80. The van der Waals surface area contributed by atoms with Crippen molar-refractivity contribution in [3.8, 4) is 11.5 Å². The molecule has 0 spiro atoms. The third-order valence-electron chi connectivity index (χ3n) is 4.37. The number of hydrogen-bond donors (Lipinski definition) is 2. The van der Waals surface area contributed by atoms with Crippen LogP contribution >= 0.6 is 11.6 Å². The zero-order chi connectivity index (χ0) is 18.6. The third-order valence-corrected chi connectivity index (χ3v) is 4.65. The molecule has 0 bridgehead atoms. The molecular weight excluding hydrogens is 366 g/mol. The minimum atomic E-state index is -0.0487. The summed E-state index contributed by atoms with van der Waals surface area (Å²) >= 11 is 6.21. The maximum atomic E-state index is 12.2. The highest BCUT2D eigenvalue weighted by atomic mass is 35.5. The largest absolute Gasteiger partial charge is 0.486 e. The van der Waals surface area contributed by atoms with Gasteiger partial charge in [0.1, 0.15) is 19.0 Å². The van der Waals surface area contributed by atoms with Crippen LogP contribution in [-0.2, 0) is 17.6 Å². The number of carbonyl (C=O) groups is 1. The van der Waals surface area contributed by atoms with Gasteiger partial charge in [0.2, 0.25) is 5.91 Å². The number of aromatic amines is 1. The number of para-hydroxylation sites is 2. The van der Waals surface area contributed by atoms with Crippen LogP contribution in [0.1, 0.15) is 17.8 Å². The molecule has 0 radical (unpaired) electrons. The molecule has 7 heteroatoms. The number of ether oxygens (including phenoxy) is 2. The lowest BCUT2D eigenvalue weighted by Crippen LogP contribution is -2.26. The Balaban J connectivity index is 1.26. The Bertz CT molecular complexity index is 937. The van der Waals surface area contributed by atoms with Crippen LogP contribution in [-0.4, -0.2) is 35.6 Å². The maximum absolute atomic E-state index is 12.2. The van der Waals surface area contributed by atoms with Gasteiger partial charge in [-0.3, -0.25) is 4.79 Å². The average Bonchev–Trinajstić information content (AvgIpc) is 3.08. The molecule has 4 rings (SSSR count). The van der Waals surface area contributed by atoms with Gasteiger partial charge in [0.15, 0.2) is 11.5 Å². The SMILES string of the molecule is O=C(Cc1cc(Cl)c2c(c1)OCCO2)NCCCc1nc2ccccc2[nH]1. The molecule has 140 valence electrons. The van der Waals surface area contributed by atoms with E-state index in [9.17, 15) is 4.79 Å². The highest BCUT2D eigenvalue weighted by Crippen LogP contribution is 2.38. The molecular formula is C20H20ClN3O3. The smallest absolute Gasteiger partial charge is 0.224 e. The molecule has 2 aromatic carbocycles. The zero-order valence-electron chi connectivity index (χ0n) is 14.8. The number of rotatable bonds is 6. The molecule has 27 heavy (non-hydrogen) atoms. The summed E-state index contributed by atoms with van der Waals surface area (Å²) in [5, 5.41) is 3.41. The van der Waals surface area contributed by atoms with Gasteiger partial charge in [-0.15, -0.1) is 0 Å². The van der Waals surface area contributed by atoms with E-state index in [0.29, 0.717) is 36.3 Å². The second kappa shape index (κ2) is 7.88. The van der Waals surface area contributed by atoms with Crippen LogP contribution in [0.15, 0.2) is 36.4 Å². The molecule has 1 aromatic heterocycles.